The third-order valence-electron chi connectivity index (χ3n) is 5.08. The molecule has 1 aliphatic heterocycles. The number of rotatable bonds is 7. The molecule has 0 saturated carbocycles. The van der Waals surface area contributed by atoms with Crippen LogP contribution in [0.4, 0.5) is 0 Å². The maximum Gasteiger partial charge on any atom is 0.414 e. The Morgan fingerprint density at radius 1 is 1.03 bits per heavy atom. The summed E-state index contributed by atoms with van der Waals surface area (Å²) in [5, 5.41) is 14.8. The molecule has 0 radical (unpaired) electrons. The number of ether oxygens (including phenoxy) is 2. The summed E-state index contributed by atoms with van der Waals surface area (Å²) in [5.41, 5.74) is 1.13. The second kappa shape index (κ2) is 12.7. The van der Waals surface area contributed by atoms with Crippen molar-refractivity contribution in [2.75, 3.05) is 40.4 Å². The number of likely N-dealkylation sites (tertiary alicyclic amines) is 1. The number of methoxy groups -OCH3 is 2. The van der Waals surface area contributed by atoms with Crippen LogP contribution in [-0.4, -0.2) is 78.3 Å². The van der Waals surface area contributed by atoms with Crippen molar-refractivity contribution in [3.63, 3.8) is 0 Å². The van der Waals surface area contributed by atoms with E-state index in [0.29, 0.717) is 5.91 Å². The zero-order chi connectivity index (χ0) is 22.7. The molecular weight excluding hydrogens is 392 g/mol. The molecule has 2 N–H and O–H groups in total. The fourth-order valence-electron chi connectivity index (χ4n) is 3.38. The number of nitrogens with zero attached hydrogens (tertiary/aromatic N) is 2. The van der Waals surface area contributed by atoms with Crippen LogP contribution >= 0.6 is 0 Å². The molecule has 1 amide bonds. The summed E-state index contributed by atoms with van der Waals surface area (Å²) < 4.78 is 10.8. The van der Waals surface area contributed by atoms with Gasteiger partial charge in [0.05, 0.1) is 14.2 Å². The van der Waals surface area contributed by atoms with Crippen LogP contribution in [0.2, 0.25) is 0 Å². The van der Waals surface area contributed by atoms with Crippen LogP contribution < -0.4 is 9.47 Å². The molecule has 1 fully saturated rings. The van der Waals surface area contributed by atoms with Crippen LogP contribution in [0.25, 0.3) is 0 Å². The molecule has 0 bridgehead atoms. The van der Waals surface area contributed by atoms with Gasteiger partial charge in [0.2, 0.25) is 5.91 Å². The first kappa shape index (κ1) is 25.2. The van der Waals surface area contributed by atoms with Crippen molar-refractivity contribution < 1.29 is 34.1 Å². The molecule has 0 atom stereocenters. The zero-order valence-corrected chi connectivity index (χ0v) is 18.1. The monoisotopic (exact) mass is 424 g/mol. The Kier molecular flexibility index (Phi) is 10.7. The lowest BCUT2D eigenvalue weighted by molar-refractivity contribution is -0.159. The Morgan fingerprint density at radius 3 is 2.03 bits per heavy atom. The van der Waals surface area contributed by atoms with Gasteiger partial charge in [0, 0.05) is 31.1 Å². The van der Waals surface area contributed by atoms with Gasteiger partial charge >= 0.3 is 11.9 Å². The van der Waals surface area contributed by atoms with E-state index in [9.17, 15) is 4.79 Å². The number of hydrogen-bond acceptors (Lipinski definition) is 6. The minimum atomic E-state index is -1.82. The number of carboxylic acid groups (broad SMARTS) is 2. The third kappa shape index (κ3) is 7.55. The van der Waals surface area contributed by atoms with E-state index in [4.69, 9.17) is 29.3 Å². The summed E-state index contributed by atoms with van der Waals surface area (Å²) in [4.78, 5) is 35.0. The second-order valence-corrected chi connectivity index (χ2v) is 6.85. The van der Waals surface area contributed by atoms with Crippen LogP contribution in [0.15, 0.2) is 18.2 Å². The van der Waals surface area contributed by atoms with Crippen LogP contribution in [-0.2, 0) is 20.9 Å². The molecule has 9 nitrogen and oxygen atoms in total. The average Bonchev–Trinajstić information content (AvgIpc) is 2.75. The van der Waals surface area contributed by atoms with E-state index in [1.807, 2.05) is 36.9 Å². The minimum absolute atomic E-state index is 0.174. The molecule has 1 aliphatic rings. The van der Waals surface area contributed by atoms with Crippen LogP contribution in [0, 0.1) is 5.92 Å². The predicted molar refractivity (Wildman–Crippen MR) is 111 cm³/mol. The quantitative estimate of drug-likeness (QED) is 0.638. The average molecular weight is 424 g/mol. The van der Waals surface area contributed by atoms with Gasteiger partial charge in [-0.25, -0.2) is 9.59 Å². The number of aliphatic carboxylic acids is 2. The van der Waals surface area contributed by atoms with Gasteiger partial charge in [0.1, 0.15) is 11.5 Å². The van der Waals surface area contributed by atoms with Crippen molar-refractivity contribution in [3.8, 4) is 11.5 Å². The number of carbonyl (C=O) groups excluding carboxylic acids is 1. The molecule has 1 saturated heterocycles. The molecule has 0 unspecified atom stereocenters. The lowest BCUT2D eigenvalue weighted by atomic mass is 9.95. The Labute approximate surface area is 177 Å². The summed E-state index contributed by atoms with van der Waals surface area (Å²) in [6.45, 7) is 8.41. The van der Waals surface area contributed by atoms with Crippen LogP contribution in [0.3, 0.4) is 0 Å². The summed E-state index contributed by atoms with van der Waals surface area (Å²) in [7, 11) is 3.37. The Morgan fingerprint density at radius 2 is 1.60 bits per heavy atom. The summed E-state index contributed by atoms with van der Waals surface area (Å²) in [6, 6.07) is 5.90. The van der Waals surface area contributed by atoms with E-state index >= 15 is 0 Å². The lowest BCUT2D eigenvalue weighted by Crippen LogP contribution is -2.42. The lowest BCUT2D eigenvalue weighted by Gasteiger charge is -2.34. The molecule has 9 heteroatoms. The third-order valence-corrected chi connectivity index (χ3v) is 5.08. The Bertz CT molecular complexity index is 699. The van der Waals surface area contributed by atoms with Gasteiger partial charge in [-0.2, -0.15) is 0 Å². The Hall–Kier alpha value is -2.81. The number of carbonyl (C=O) groups is 3. The Balaban J connectivity index is 0.000000656. The summed E-state index contributed by atoms with van der Waals surface area (Å²) in [5.74, 6) is -1.42. The van der Waals surface area contributed by atoms with E-state index in [-0.39, 0.29) is 5.92 Å². The molecular formula is C21H32N2O7. The molecule has 1 heterocycles. The minimum Gasteiger partial charge on any atom is -0.497 e. The number of amides is 1. The number of piperidine rings is 1. The number of carboxylic acids is 2. The molecule has 0 aliphatic carbocycles. The molecule has 1 aromatic carbocycles. The maximum atomic E-state index is 12.5. The fraction of sp³-hybridized carbons (Fsp3) is 0.571. The topological polar surface area (TPSA) is 117 Å². The highest BCUT2D eigenvalue weighted by atomic mass is 16.5. The fourth-order valence-corrected chi connectivity index (χ4v) is 3.38. The van der Waals surface area contributed by atoms with Crippen molar-refractivity contribution in [1.29, 1.82) is 0 Å². The predicted octanol–water partition coefficient (Wildman–Crippen LogP) is 1.94. The molecule has 1 aromatic rings. The highest BCUT2D eigenvalue weighted by Gasteiger charge is 2.27. The van der Waals surface area contributed by atoms with Crippen LogP contribution in [0.1, 0.15) is 32.3 Å². The first-order valence-electron chi connectivity index (χ1n) is 9.95. The molecule has 0 aromatic heterocycles. The standard InChI is InChI=1S/C19H30N2O3.C2H2O4/c1-5-21(6-2)19(22)15-9-11-20(12-10-15)14-16-13-17(23-3)7-8-18(16)24-4;3-1(4)2(5)6/h7-8,13,15H,5-6,9-12,14H2,1-4H3;(H,3,4)(H,5,6). The molecule has 2 rings (SSSR count). The first-order valence-corrected chi connectivity index (χ1v) is 9.95. The molecule has 30 heavy (non-hydrogen) atoms. The van der Waals surface area contributed by atoms with Crippen molar-refractivity contribution in [3.05, 3.63) is 23.8 Å². The van der Waals surface area contributed by atoms with Gasteiger partial charge in [0.15, 0.2) is 0 Å². The molecule has 168 valence electrons. The van der Waals surface area contributed by atoms with Gasteiger partial charge in [-0.05, 0) is 58.0 Å². The normalized spacial score (nSPS) is 14.3. The zero-order valence-electron chi connectivity index (χ0n) is 18.1. The maximum absolute atomic E-state index is 12.5. The molecule has 0 spiro atoms. The van der Waals surface area contributed by atoms with Gasteiger partial charge in [-0.3, -0.25) is 9.69 Å². The van der Waals surface area contributed by atoms with Gasteiger partial charge in [-0.1, -0.05) is 0 Å². The van der Waals surface area contributed by atoms with E-state index in [2.05, 4.69) is 4.90 Å². The van der Waals surface area contributed by atoms with Gasteiger partial charge in [0.25, 0.3) is 0 Å². The number of benzene rings is 1. The smallest absolute Gasteiger partial charge is 0.414 e. The van der Waals surface area contributed by atoms with Crippen molar-refractivity contribution in [2.24, 2.45) is 5.92 Å². The summed E-state index contributed by atoms with van der Waals surface area (Å²) >= 11 is 0. The van der Waals surface area contributed by atoms with Gasteiger partial charge < -0.3 is 24.6 Å². The highest BCUT2D eigenvalue weighted by Crippen LogP contribution is 2.27. The summed E-state index contributed by atoms with van der Waals surface area (Å²) in [6.07, 6.45) is 1.86. The van der Waals surface area contributed by atoms with Crippen molar-refractivity contribution in [1.82, 2.24) is 9.80 Å². The largest absolute Gasteiger partial charge is 0.497 e. The van der Waals surface area contributed by atoms with E-state index in [1.165, 1.54) is 0 Å². The SMILES string of the molecule is CCN(CC)C(=O)C1CCN(Cc2cc(OC)ccc2OC)CC1.O=C(O)C(=O)O. The van der Waals surface area contributed by atoms with Gasteiger partial charge in [-0.15, -0.1) is 0 Å². The number of hydrogen-bond donors (Lipinski definition) is 2. The highest BCUT2D eigenvalue weighted by molar-refractivity contribution is 6.27. The van der Waals surface area contributed by atoms with E-state index < -0.39 is 11.9 Å². The van der Waals surface area contributed by atoms with E-state index in [1.54, 1.807) is 14.2 Å². The van der Waals surface area contributed by atoms with Crippen molar-refractivity contribution >= 4 is 17.8 Å². The van der Waals surface area contributed by atoms with E-state index in [0.717, 1.165) is 62.6 Å². The first-order chi connectivity index (χ1) is 14.3. The van der Waals surface area contributed by atoms with Crippen molar-refractivity contribution in [2.45, 2.75) is 33.2 Å². The van der Waals surface area contributed by atoms with Crippen LogP contribution in [0.5, 0.6) is 11.5 Å². The second-order valence-electron chi connectivity index (χ2n) is 6.85.